The number of hydrazine groups is 2. The van der Waals surface area contributed by atoms with E-state index in [1.54, 1.807) is 36.4 Å². The maximum absolute atomic E-state index is 12.3. The van der Waals surface area contributed by atoms with Gasteiger partial charge in [-0.2, -0.15) is 0 Å². The molecular formula is C17H14BrN7O3. The topological polar surface area (TPSA) is 134 Å². The van der Waals surface area contributed by atoms with Crippen molar-refractivity contribution in [3.63, 3.8) is 0 Å². The summed E-state index contributed by atoms with van der Waals surface area (Å²) >= 11 is 3.27. The molecule has 1 heterocycles. The summed E-state index contributed by atoms with van der Waals surface area (Å²) in [6.07, 6.45) is 1.13. The Morgan fingerprint density at radius 3 is 2.25 bits per heavy atom. The fraction of sp³-hybridized carbons (Fsp3) is 0. The van der Waals surface area contributed by atoms with Crippen molar-refractivity contribution in [2.45, 2.75) is 0 Å². The molecule has 142 valence electrons. The molecular weight excluding hydrogens is 430 g/mol. The van der Waals surface area contributed by atoms with E-state index in [4.69, 9.17) is 0 Å². The van der Waals surface area contributed by atoms with Gasteiger partial charge < -0.3 is 0 Å². The first-order chi connectivity index (χ1) is 13.6. The van der Waals surface area contributed by atoms with Crippen LogP contribution in [-0.2, 0) is 0 Å². The minimum atomic E-state index is -0.651. The second-order valence-corrected chi connectivity index (χ2v) is 6.21. The zero-order valence-corrected chi connectivity index (χ0v) is 15.8. The molecule has 1 aromatic heterocycles. The molecule has 0 spiro atoms. The maximum Gasteiger partial charge on any atom is 0.356 e. The van der Waals surface area contributed by atoms with Crippen molar-refractivity contribution in [2.24, 2.45) is 0 Å². The predicted octanol–water partition coefficient (Wildman–Crippen LogP) is 3.34. The lowest BCUT2D eigenvalue weighted by Gasteiger charge is -2.12. The number of nitrogens with one attached hydrogen (secondary N) is 4. The number of hydrogen-bond acceptors (Lipinski definition) is 8. The number of nitrogens with zero attached hydrogens (tertiary/aromatic N) is 3. The van der Waals surface area contributed by atoms with Crippen LogP contribution < -0.4 is 21.7 Å². The van der Waals surface area contributed by atoms with Crippen LogP contribution in [0, 0.1) is 10.1 Å². The number of rotatable bonds is 7. The van der Waals surface area contributed by atoms with E-state index in [1.165, 1.54) is 0 Å². The van der Waals surface area contributed by atoms with Crippen LogP contribution in [0.4, 0.5) is 23.0 Å². The number of halogens is 1. The van der Waals surface area contributed by atoms with E-state index < -0.39 is 16.5 Å². The number of para-hydroxylation sites is 1. The van der Waals surface area contributed by atoms with Gasteiger partial charge in [0.05, 0.1) is 16.2 Å². The van der Waals surface area contributed by atoms with Gasteiger partial charge >= 0.3 is 5.69 Å². The molecule has 11 heteroatoms. The highest BCUT2D eigenvalue weighted by Gasteiger charge is 2.23. The molecule has 0 aliphatic heterocycles. The molecule has 2 aromatic carbocycles. The molecule has 0 atom stereocenters. The van der Waals surface area contributed by atoms with Gasteiger partial charge in [-0.15, -0.1) is 0 Å². The van der Waals surface area contributed by atoms with Gasteiger partial charge in [-0.1, -0.05) is 30.3 Å². The normalized spacial score (nSPS) is 10.0. The Hall–Kier alpha value is -3.73. The SMILES string of the molecule is O=C(NNc1ncnc(NNc2ccccc2)c1[N+](=O)[O-])c1ccccc1Br. The lowest BCUT2D eigenvalue weighted by Crippen LogP contribution is -2.30. The molecule has 28 heavy (non-hydrogen) atoms. The third kappa shape index (κ3) is 4.51. The smallest absolute Gasteiger partial charge is 0.299 e. The molecule has 0 aliphatic carbocycles. The molecule has 0 radical (unpaired) electrons. The molecule has 0 aliphatic rings. The van der Waals surface area contributed by atoms with E-state index in [2.05, 4.69) is 47.6 Å². The van der Waals surface area contributed by atoms with Crippen LogP contribution in [0.2, 0.25) is 0 Å². The van der Waals surface area contributed by atoms with Gasteiger partial charge in [0.1, 0.15) is 6.33 Å². The summed E-state index contributed by atoms with van der Waals surface area (Å²) in [7, 11) is 0. The van der Waals surface area contributed by atoms with Gasteiger partial charge in [-0.05, 0) is 40.2 Å². The van der Waals surface area contributed by atoms with Crippen molar-refractivity contribution in [1.82, 2.24) is 15.4 Å². The lowest BCUT2D eigenvalue weighted by atomic mass is 10.2. The number of benzene rings is 2. The van der Waals surface area contributed by atoms with Crippen molar-refractivity contribution < 1.29 is 9.72 Å². The van der Waals surface area contributed by atoms with Crippen molar-refractivity contribution in [2.75, 3.05) is 16.3 Å². The van der Waals surface area contributed by atoms with E-state index in [0.717, 1.165) is 6.33 Å². The monoisotopic (exact) mass is 443 g/mol. The van der Waals surface area contributed by atoms with E-state index in [9.17, 15) is 14.9 Å². The number of amides is 1. The van der Waals surface area contributed by atoms with Gasteiger partial charge in [0.25, 0.3) is 5.91 Å². The molecule has 10 nitrogen and oxygen atoms in total. The van der Waals surface area contributed by atoms with Gasteiger partial charge in [0.15, 0.2) is 0 Å². The van der Waals surface area contributed by atoms with Gasteiger partial charge in [0.2, 0.25) is 11.6 Å². The largest absolute Gasteiger partial charge is 0.356 e. The molecule has 0 bridgehead atoms. The summed E-state index contributed by atoms with van der Waals surface area (Å²) in [5.41, 5.74) is 11.0. The molecule has 3 aromatic rings. The van der Waals surface area contributed by atoms with Crippen LogP contribution in [0.5, 0.6) is 0 Å². The Kier molecular flexibility index (Phi) is 5.97. The van der Waals surface area contributed by atoms with Crippen LogP contribution >= 0.6 is 15.9 Å². The Labute approximate surface area is 167 Å². The van der Waals surface area contributed by atoms with Crippen LogP contribution in [-0.4, -0.2) is 20.8 Å². The van der Waals surface area contributed by atoms with E-state index in [-0.39, 0.29) is 11.6 Å². The maximum atomic E-state index is 12.3. The third-order valence-electron chi connectivity index (χ3n) is 3.52. The Morgan fingerprint density at radius 2 is 1.57 bits per heavy atom. The number of anilines is 3. The minimum Gasteiger partial charge on any atom is -0.299 e. The van der Waals surface area contributed by atoms with Crippen molar-refractivity contribution in [3.05, 3.63) is 81.1 Å². The quantitative estimate of drug-likeness (QED) is 0.322. The van der Waals surface area contributed by atoms with Crippen LogP contribution in [0.25, 0.3) is 0 Å². The summed E-state index contributed by atoms with van der Waals surface area (Å²) < 4.78 is 0.584. The summed E-state index contributed by atoms with van der Waals surface area (Å²) in [5.74, 6) is -0.725. The molecule has 1 amide bonds. The molecule has 0 saturated carbocycles. The summed E-state index contributed by atoms with van der Waals surface area (Å²) in [6.45, 7) is 0. The predicted molar refractivity (Wildman–Crippen MR) is 108 cm³/mol. The lowest BCUT2D eigenvalue weighted by molar-refractivity contribution is -0.383. The van der Waals surface area contributed by atoms with Crippen LogP contribution in [0.1, 0.15) is 10.4 Å². The third-order valence-corrected chi connectivity index (χ3v) is 4.21. The van der Waals surface area contributed by atoms with Crippen molar-refractivity contribution in [3.8, 4) is 0 Å². The fourth-order valence-electron chi connectivity index (χ4n) is 2.22. The first-order valence-corrected chi connectivity index (χ1v) is 8.73. The highest BCUT2D eigenvalue weighted by atomic mass is 79.9. The average molecular weight is 444 g/mol. The Bertz CT molecular complexity index is 1000. The van der Waals surface area contributed by atoms with E-state index in [0.29, 0.717) is 15.7 Å². The second-order valence-electron chi connectivity index (χ2n) is 5.35. The zero-order chi connectivity index (χ0) is 19.9. The number of nitro groups is 1. The fourth-order valence-corrected chi connectivity index (χ4v) is 2.68. The second kappa shape index (κ2) is 8.77. The summed E-state index contributed by atoms with van der Waals surface area (Å²) in [6, 6.07) is 15.8. The summed E-state index contributed by atoms with van der Waals surface area (Å²) in [5, 5.41) is 11.5. The van der Waals surface area contributed by atoms with Gasteiger partial charge in [-0.25, -0.2) is 9.97 Å². The first-order valence-electron chi connectivity index (χ1n) is 7.93. The number of carbonyl (C=O) groups excluding carboxylic acids is 1. The number of hydrogen-bond donors (Lipinski definition) is 4. The van der Waals surface area contributed by atoms with E-state index in [1.807, 2.05) is 18.2 Å². The molecule has 0 saturated heterocycles. The number of carbonyl (C=O) groups is 1. The van der Waals surface area contributed by atoms with Crippen molar-refractivity contribution in [1.29, 1.82) is 0 Å². The molecule has 0 fully saturated rings. The van der Waals surface area contributed by atoms with Crippen molar-refractivity contribution >= 4 is 44.8 Å². The minimum absolute atomic E-state index is 0.0681. The van der Waals surface area contributed by atoms with Gasteiger partial charge in [0, 0.05) is 4.47 Å². The summed E-state index contributed by atoms with van der Waals surface area (Å²) in [4.78, 5) is 30.9. The highest BCUT2D eigenvalue weighted by molar-refractivity contribution is 9.10. The molecule has 4 N–H and O–H groups in total. The highest BCUT2D eigenvalue weighted by Crippen LogP contribution is 2.28. The number of aromatic nitrogens is 2. The molecule has 0 unspecified atom stereocenters. The Morgan fingerprint density at radius 1 is 0.929 bits per heavy atom. The average Bonchev–Trinajstić information content (AvgIpc) is 2.71. The zero-order valence-electron chi connectivity index (χ0n) is 14.2. The van der Waals surface area contributed by atoms with Crippen LogP contribution in [0.15, 0.2) is 65.4 Å². The van der Waals surface area contributed by atoms with Crippen LogP contribution in [0.3, 0.4) is 0 Å². The van der Waals surface area contributed by atoms with Gasteiger partial charge in [-0.3, -0.25) is 36.6 Å². The molecule has 3 rings (SSSR count). The first kappa shape index (κ1) is 19.0. The van der Waals surface area contributed by atoms with E-state index >= 15 is 0 Å². The Balaban J connectivity index is 1.76. The standard InChI is InChI=1S/C17H14BrN7O3/c18-13-9-5-4-8-12(13)17(26)24-23-16-14(25(27)28)15(19-10-20-16)22-21-11-6-2-1-3-7-11/h1-10,21H,(H,24,26)(H2,19,20,22,23).